The molecule has 0 radical (unpaired) electrons. The van der Waals surface area contributed by atoms with Gasteiger partial charge in [0, 0.05) is 29.9 Å². The molecule has 0 saturated carbocycles. The third-order valence-electron chi connectivity index (χ3n) is 2.99. The van der Waals surface area contributed by atoms with E-state index in [0.717, 1.165) is 23.1 Å². The first-order valence-corrected chi connectivity index (χ1v) is 7.11. The van der Waals surface area contributed by atoms with Crippen LogP contribution in [0.3, 0.4) is 0 Å². The molecule has 3 nitrogen and oxygen atoms in total. The van der Waals surface area contributed by atoms with E-state index < -0.39 is 0 Å². The van der Waals surface area contributed by atoms with Crippen LogP contribution < -0.4 is 4.90 Å². The summed E-state index contributed by atoms with van der Waals surface area (Å²) in [5, 5.41) is 0. The zero-order valence-corrected chi connectivity index (χ0v) is 12.7. The number of carbonyl (C=O) groups is 1. The summed E-state index contributed by atoms with van der Waals surface area (Å²) in [6, 6.07) is 11.5. The predicted octanol–water partition coefficient (Wildman–Crippen LogP) is 3.94. The lowest BCUT2D eigenvalue weighted by Gasteiger charge is -2.18. The van der Waals surface area contributed by atoms with Gasteiger partial charge < -0.3 is 9.47 Å². The molecule has 0 aliphatic rings. The van der Waals surface area contributed by atoms with Crippen LogP contribution in [0.4, 0.5) is 5.69 Å². The molecule has 0 fully saturated rings. The number of amides is 1. The summed E-state index contributed by atoms with van der Waals surface area (Å²) in [6.45, 7) is 2.94. The molecule has 0 bridgehead atoms. The van der Waals surface area contributed by atoms with Gasteiger partial charge in [-0.25, -0.2) is 0 Å². The van der Waals surface area contributed by atoms with Crippen LogP contribution in [-0.2, 0) is 6.54 Å². The summed E-state index contributed by atoms with van der Waals surface area (Å²) in [7, 11) is 1.80. The number of benzene rings is 1. The van der Waals surface area contributed by atoms with Gasteiger partial charge in [-0.15, -0.1) is 0 Å². The quantitative estimate of drug-likeness (QED) is 0.837. The molecule has 0 N–H and O–H groups in total. The Morgan fingerprint density at radius 2 is 2.00 bits per heavy atom. The molecule has 0 saturated heterocycles. The second kappa shape index (κ2) is 6.06. The minimum absolute atomic E-state index is 0.00495. The van der Waals surface area contributed by atoms with Crippen LogP contribution in [0, 0.1) is 0 Å². The summed E-state index contributed by atoms with van der Waals surface area (Å²) in [4.78, 5) is 14.2. The summed E-state index contributed by atoms with van der Waals surface area (Å²) < 4.78 is 2.93. The van der Waals surface area contributed by atoms with Gasteiger partial charge in [-0.2, -0.15) is 0 Å². The lowest BCUT2D eigenvalue weighted by Crippen LogP contribution is -2.28. The maximum absolute atomic E-state index is 12.5. The van der Waals surface area contributed by atoms with Crippen molar-refractivity contribution in [3.05, 3.63) is 52.8 Å². The molecule has 0 aliphatic heterocycles. The van der Waals surface area contributed by atoms with Crippen LogP contribution in [0.2, 0.25) is 0 Å². The molecule has 0 aliphatic carbocycles. The highest BCUT2D eigenvalue weighted by Crippen LogP contribution is 2.20. The number of halogens is 1. The van der Waals surface area contributed by atoms with Crippen molar-refractivity contribution >= 4 is 27.5 Å². The Morgan fingerprint density at radius 3 is 2.63 bits per heavy atom. The molecule has 0 unspecified atom stereocenters. The largest absolute Gasteiger partial charge is 0.342 e. The summed E-state index contributed by atoms with van der Waals surface area (Å²) in [6.07, 6.45) is 2.95. The molecule has 1 amide bonds. The average molecular weight is 321 g/mol. The van der Waals surface area contributed by atoms with E-state index in [0.29, 0.717) is 5.69 Å². The van der Waals surface area contributed by atoms with Crippen LogP contribution in [0.15, 0.2) is 47.1 Å². The lowest BCUT2D eigenvalue weighted by atomic mass is 10.2. The van der Waals surface area contributed by atoms with Crippen molar-refractivity contribution in [2.24, 2.45) is 0 Å². The van der Waals surface area contributed by atoms with Crippen molar-refractivity contribution in [3.8, 4) is 0 Å². The Morgan fingerprint density at radius 1 is 1.32 bits per heavy atom. The van der Waals surface area contributed by atoms with Gasteiger partial charge in [0.2, 0.25) is 0 Å². The normalized spacial score (nSPS) is 10.5. The van der Waals surface area contributed by atoms with Crippen molar-refractivity contribution in [3.63, 3.8) is 0 Å². The molecular formula is C15H17BrN2O. The van der Waals surface area contributed by atoms with Crippen LogP contribution in [0.5, 0.6) is 0 Å². The monoisotopic (exact) mass is 320 g/mol. The molecule has 0 spiro atoms. The molecule has 0 atom stereocenters. The minimum atomic E-state index is 0.00495. The van der Waals surface area contributed by atoms with E-state index in [1.165, 1.54) is 0 Å². The fourth-order valence-electron chi connectivity index (χ4n) is 2.02. The highest BCUT2D eigenvalue weighted by molar-refractivity contribution is 9.10. The number of hydrogen-bond acceptors (Lipinski definition) is 1. The topological polar surface area (TPSA) is 25.2 Å². The molecule has 1 aromatic carbocycles. The number of para-hydroxylation sites is 1. The second-order valence-corrected chi connectivity index (χ2v) is 5.35. The standard InChI is InChI=1S/C15H17BrN2O/c1-3-9-18-11-12(16)10-14(18)15(19)17(2)13-7-5-4-6-8-13/h4-8,10-11H,3,9H2,1-2H3. The summed E-state index contributed by atoms with van der Waals surface area (Å²) >= 11 is 3.44. The van der Waals surface area contributed by atoms with Gasteiger partial charge in [-0.05, 0) is 40.5 Å². The number of aryl methyl sites for hydroxylation is 1. The molecule has 1 heterocycles. The number of rotatable bonds is 4. The van der Waals surface area contributed by atoms with Crippen molar-refractivity contribution in [2.75, 3.05) is 11.9 Å². The maximum atomic E-state index is 12.5. The molecular weight excluding hydrogens is 304 g/mol. The molecule has 1 aromatic heterocycles. The van der Waals surface area contributed by atoms with Gasteiger partial charge >= 0.3 is 0 Å². The van der Waals surface area contributed by atoms with Crippen molar-refractivity contribution in [1.82, 2.24) is 4.57 Å². The van der Waals surface area contributed by atoms with Crippen molar-refractivity contribution < 1.29 is 4.79 Å². The van der Waals surface area contributed by atoms with E-state index in [4.69, 9.17) is 0 Å². The van der Waals surface area contributed by atoms with Crippen LogP contribution in [-0.4, -0.2) is 17.5 Å². The van der Waals surface area contributed by atoms with Crippen molar-refractivity contribution in [1.29, 1.82) is 0 Å². The van der Waals surface area contributed by atoms with Gasteiger partial charge in [-0.1, -0.05) is 25.1 Å². The number of hydrogen-bond donors (Lipinski definition) is 0. The van der Waals surface area contributed by atoms with Gasteiger partial charge in [0.05, 0.1) is 0 Å². The summed E-state index contributed by atoms with van der Waals surface area (Å²) in [5.41, 5.74) is 1.60. The molecule has 100 valence electrons. The molecule has 2 aromatic rings. The first-order chi connectivity index (χ1) is 9.13. The Balaban J connectivity index is 2.29. The molecule has 19 heavy (non-hydrogen) atoms. The Kier molecular flexibility index (Phi) is 4.43. The van der Waals surface area contributed by atoms with E-state index >= 15 is 0 Å². The lowest BCUT2D eigenvalue weighted by molar-refractivity contribution is 0.0984. The highest BCUT2D eigenvalue weighted by Gasteiger charge is 2.17. The predicted molar refractivity (Wildman–Crippen MR) is 81.6 cm³/mol. The zero-order chi connectivity index (χ0) is 13.8. The van der Waals surface area contributed by atoms with E-state index in [1.54, 1.807) is 11.9 Å². The third kappa shape index (κ3) is 3.07. The Labute approximate surface area is 122 Å². The van der Waals surface area contributed by atoms with E-state index in [2.05, 4.69) is 22.9 Å². The number of anilines is 1. The van der Waals surface area contributed by atoms with E-state index in [1.807, 2.05) is 47.2 Å². The van der Waals surface area contributed by atoms with E-state index in [-0.39, 0.29) is 5.91 Å². The third-order valence-corrected chi connectivity index (χ3v) is 3.43. The fraction of sp³-hybridized carbons (Fsp3) is 0.267. The highest BCUT2D eigenvalue weighted by atomic mass is 79.9. The second-order valence-electron chi connectivity index (χ2n) is 4.44. The van der Waals surface area contributed by atoms with Crippen LogP contribution in [0.25, 0.3) is 0 Å². The fourth-order valence-corrected chi connectivity index (χ4v) is 2.48. The maximum Gasteiger partial charge on any atom is 0.274 e. The Hall–Kier alpha value is -1.55. The number of nitrogens with zero attached hydrogens (tertiary/aromatic N) is 2. The smallest absolute Gasteiger partial charge is 0.274 e. The average Bonchev–Trinajstić information content (AvgIpc) is 2.79. The van der Waals surface area contributed by atoms with E-state index in [9.17, 15) is 4.79 Å². The first-order valence-electron chi connectivity index (χ1n) is 6.32. The molecule has 2 rings (SSSR count). The SMILES string of the molecule is CCCn1cc(Br)cc1C(=O)N(C)c1ccccc1. The van der Waals surface area contributed by atoms with Crippen LogP contribution in [0.1, 0.15) is 23.8 Å². The Bertz CT molecular complexity index is 563. The van der Waals surface area contributed by atoms with Gasteiger partial charge in [0.1, 0.15) is 5.69 Å². The summed E-state index contributed by atoms with van der Waals surface area (Å²) in [5.74, 6) is 0.00495. The van der Waals surface area contributed by atoms with Crippen LogP contribution >= 0.6 is 15.9 Å². The van der Waals surface area contributed by atoms with Gasteiger partial charge in [0.15, 0.2) is 0 Å². The number of aromatic nitrogens is 1. The molecule has 4 heteroatoms. The van der Waals surface area contributed by atoms with Crippen molar-refractivity contribution in [2.45, 2.75) is 19.9 Å². The minimum Gasteiger partial charge on any atom is -0.342 e. The zero-order valence-electron chi connectivity index (χ0n) is 11.1. The van der Waals surface area contributed by atoms with Gasteiger partial charge in [0.25, 0.3) is 5.91 Å². The number of carbonyl (C=O) groups excluding carboxylic acids is 1. The first kappa shape index (κ1) is 13.9. The van der Waals surface area contributed by atoms with Gasteiger partial charge in [-0.3, -0.25) is 4.79 Å².